The van der Waals surface area contributed by atoms with Gasteiger partial charge in [0.15, 0.2) is 16.6 Å². The standard InChI is InChI=1S/C19H42O2Si2/c1-7-22(8-2,9-3)20-19(18-16-14-13-15-17-18)21-23(10-4,11-5)12-6/h18-19H,7-17H2,1-6H3. The molecule has 0 bridgehead atoms. The monoisotopic (exact) mass is 358 g/mol. The van der Waals surface area contributed by atoms with Gasteiger partial charge in [-0.1, -0.05) is 60.8 Å². The Kier molecular flexibility index (Phi) is 9.65. The molecule has 0 aromatic heterocycles. The Hall–Kier alpha value is 0.354. The van der Waals surface area contributed by atoms with Crippen LogP contribution in [0.15, 0.2) is 0 Å². The van der Waals surface area contributed by atoms with Crippen molar-refractivity contribution in [1.29, 1.82) is 0 Å². The first kappa shape index (κ1) is 21.4. The average molecular weight is 359 g/mol. The summed E-state index contributed by atoms with van der Waals surface area (Å²) in [5.74, 6) is 0.650. The minimum Gasteiger partial charge on any atom is -0.393 e. The van der Waals surface area contributed by atoms with Gasteiger partial charge in [-0.15, -0.1) is 0 Å². The van der Waals surface area contributed by atoms with Gasteiger partial charge in [-0.3, -0.25) is 0 Å². The molecule has 1 aliphatic rings. The maximum atomic E-state index is 6.94. The minimum atomic E-state index is -1.61. The summed E-state index contributed by atoms with van der Waals surface area (Å²) >= 11 is 0. The van der Waals surface area contributed by atoms with Crippen molar-refractivity contribution >= 4 is 16.6 Å². The van der Waals surface area contributed by atoms with E-state index in [1.54, 1.807) is 0 Å². The van der Waals surface area contributed by atoms with Crippen LogP contribution in [-0.4, -0.2) is 22.9 Å². The zero-order valence-corrected chi connectivity index (χ0v) is 18.7. The molecule has 1 aliphatic carbocycles. The molecule has 0 amide bonds. The Labute approximate surface area is 148 Å². The molecule has 0 radical (unpaired) electrons. The third-order valence-electron chi connectivity index (χ3n) is 6.63. The number of hydrogen-bond donors (Lipinski definition) is 0. The maximum absolute atomic E-state index is 6.94. The zero-order valence-electron chi connectivity index (χ0n) is 16.7. The van der Waals surface area contributed by atoms with Crippen molar-refractivity contribution in [3.05, 3.63) is 0 Å². The molecule has 1 rings (SSSR count). The zero-order chi connectivity index (χ0) is 17.3. The topological polar surface area (TPSA) is 18.5 Å². The Morgan fingerprint density at radius 3 is 1.30 bits per heavy atom. The van der Waals surface area contributed by atoms with E-state index < -0.39 is 16.6 Å². The molecular weight excluding hydrogens is 316 g/mol. The third kappa shape index (κ3) is 5.69. The smallest absolute Gasteiger partial charge is 0.195 e. The molecule has 138 valence electrons. The first-order chi connectivity index (χ1) is 11.0. The van der Waals surface area contributed by atoms with Crippen LogP contribution in [-0.2, 0) is 8.85 Å². The molecular formula is C19H42O2Si2. The summed E-state index contributed by atoms with van der Waals surface area (Å²) in [5.41, 5.74) is 0. The van der Waals surface area contributed by atoms with Crippen LogP contribution in [0.25, 0.3) is 0 Å². The van der Waals surface area contributed by atoms with E-state index in [0.717, 1.165) is 0 Å². The van der Waals surface area contributed by atoms with Crippen molar-refractivity contribution in [2.24, 2.45) is 5.92 Å². The van der Waals surface area contributed by atoms with Crippen LogP contribution >= 0.6 is 0 Å². The molecule has 0 spiro atoms. The minimum absolute atomic E-state index is 0.105. The van der Waals surface area contributed by atoms with Crippen molar-refractivity contribution in [3.63, 3.8) is 0 Å². The molecule has 1 fully saturated rings. The lowest BCUT2D eigenvalue weighted by Crippen LogP contribution is -2.49. The lowest BCUT2D eigenvalue weighted by molar-refractivity contribution is -0.0683. The summed E-state index contributed by atoms with van der Waals surface area (Å²) in [6.45, 7) is 14.0. The van der Waals surface area contributed by atoms with Crippen LogP contribution in [0.2, 0.25) is 36.3 Å². The first-order valence-electron chi connectivity index (χ1n) is 10.4. The van der Waals surface area contributed by atoms with Crippen molar-refractivity contribution in [1.82, 2.24) is 0 Å². The molecule has 0 aliphatic heterocycles. The molecule has 0 aromatic carbocycles. The lowest BCUT2D eigenvalue weighted by Gasteiger charge is -2.43. The summed E-state index contributed by atoms with van der Waals surface area (Å²) in [7, 11) is -3.21. The first-order valence-corrected chi connectivity index (χ1v) is 15.5. The summed E-state index contributed by atoms with van der Waals surface area (Å²) in [4.78, 5) is 0. The highest BCUT2D eigenvalue weighted by Crippen LogP contribution is 2.36. The van der Waals surface area contributed by atoms with Crippen molar-refractivity contribution in [3.8, 4) is 0 Å². The van der Waals surface area contributed by atoms with E-state index in [4.69, 9.17) is 8.85 Å². The highest BCUT2D eigenvalue weighted by molar-refractivity contribution is 6.74. The van der Waals surface area contributed by atoms with Crippen LogP contribution in [0, 0.1) is 5.92 Å². The van der Waals surface area contributed by atoms with Gasteiger partial charge in [0.1, 0.15) is 6.29 Å². The summed E-state index contributed by atoms with van der Waals surface area (Å²) < 4.78 is 13.9. The average Bonchev–Trinajstić information content (AvgIpc) is 2.64. The molecule has 4 heteroatoms. The van der Waals surface area contributed by atoms with E-state index in [0.29, 0.717) is 5.92 Å². The Bertz CT molecular complexity index is 270. The lowest BCUT2D eigenvalue weighted by atomic mass is 9.89. The van der Waals surface area contributed by atoms with Gasteiger partial charge in [-0.25, -0.2) is 0 Å². The van der Waals surface area contributed by atoms with Gasteiger partial charge < -0.3 is 8.85 Å². The van der Waals surface area contributed by atoms with E-state index >= 15 is 0 Å². The second-order valence-corrected chi connectivity index (χ2v) is 16.9. The Balaban J connectivity index is 2.96. The summed E-state index contributed by atoms with van der Waals surface area (Å²) in [6, 6.07) is 7.37. The van der Waals surface area contributed by atoms with Gasteiger partial charge in [-0.05, 0) is 49.1 Å². The predicted molar refractivity (Wildman–Crippen MR) is 107 cm³/mol. The van der Waals surface area contributed by atoms with E-state index in [1.807, 2.05) is 0 Å². The quantitative estimate of drug-likeness (QED) is 0.294. The van der Waals surface area contributed by atoms with Crippen molar-refractivity contribution < 1.29 is 8.85 Å². The van der Waals surface area contributed by atoms with Gasteiger partial charge in [0, 0.05) is 5.92 Å². The normalized spacial score (nSPS) is 17.9. The summed E-state index contributed by atoms with van der Waals surface area (Å²) in [6.07, 6.45) is 6.87. The van der Waals surface area contributed by atoms with Crippen molar-refractivity contribution in [2.45, 2.75) is 116 Å². The molecule has 0 unspecified atom stereocenters. The Morgan fingerprint density at radius 2 is 1.00 bits per heavy atom. The molecule has 2 nitrogen and oxygen atoms in total. The highest BCUT2D eigenvalue weighted by Gasteiger charge is 2.40. The largest absolute Gasteiger partial charge is 0.393 e. The van der Waals surface area contributed by atoms with Gasteiger partial charge in [-0.2, -0.15) is 0 Å². The predicted octanol–water partition coefficient (Wildman–Crippen LogP) is 6.94. The van der Waals surface area contributed by atoms with Crippen LogP contribution in [0.1, 0.15) is 73.6 Å². The van der Waals surface area contributed by atoms with Crippen LogP contribution in [0.3, 0.4) is 0 Å². The second-order valence-electron chi connectivity index (χ2n) is 7.49. The molecule has 0 atom stereocenters. The van der Waals surface area contributed by atoms with E-state index in [9.17, 15) is 0 Å². The van der Waals surface area contributed by atoms with Crippen LogP contribution in [0.4, 0.5) is 0 Å². The van der Waals surface area contributed by atoms with Gasteiger partial charge >= 0.3 is 0 Å². The van der Waals surface area contributed by atoms with Crippen LogP contribution in [0.5, 0.6) is 0 Å². The third-order valence-corrected chi connectivity index (χ3v) is 15.8. The highest BCUT2D eigenvalue weighted by atomic mass is 28.4. The molecule has 0 N–H and O–H groups in total. The number of rotatable bonds is 11. The molecule has 0 heterocycles. The molecule has 1 saturated carbocycles. The summed E-state index contributed by atoms with van der Waals surface area (Å²) in [5, 5.41) is 0. The van der Waals surface area contributed by atoms with Crippen molar-refractivity contribution in [2.75, 3.05) is 0 Å². The van der Waals surface area contributed by atoms with Gasteiger partial charge in [0.2, 0.25) is 0 Å². The fourth-order valence-corrected chi connectivity index (χ4v) is 9.68. The van der Waals surface area contributed by atoms with E-state index in [2.05, 4.69) is 41.5 Å². The van der Waals surface area contributed by atoms with Gasteiger partial charge in [0.25, 0.3) is 0 Å². The fourth-order valence-electron chi connectivity index (χ4n) is 4.12. The fraction of sp³-hybridized carbons (Fsp3) is 1.00. The SMILES string of the molecule is CC[Si](CC)(CC)OC(O[Si](CC)(CC)CC)C1CCCCC1. The molecule has 0 aromatic rings. The second kappa shape index (κ2) is 10.4. The van der Waals surface area contributed by atoms with E-state index in [1.165, 1.54) is 68.4 Å². The molecule has 0 saturated heterocycles. The number of hydrogen-bond acceptors (Lipinski definition) is 2. The van der Waals surface area contributed by atoms with Gasteiger partial charge in [0.05, 0.1) is 0 Å². The maximum Gasteiger partial charge on any atom is 0.195 e. The van der Waals surface area contributed by atoms with E-state index in [-0.39, 0.29) is 6.29 Å². The molecule has 23 heavy (non-hydrogen) atoms. The van der Waals surface area contributed by atoms with Crippen LogP contribution < -0.4 is 0 Å². The Morgan fingerprint density at radius 1 is 0.652 bits per heavy atom.